The number of benzene rings is 2. The van der Waals surface area contributed by atoms with Crippen molar-refractivity contribution in [2.45, 2.75) is 39.8 Å². The highest BCUT2D eigenvalue weighted by Crippen LogP contribution is 2.31. The summed E-state index contributed by atoms with van der Waals surface area (Å²) < 4.78 is 36.7. The van der Waals surface area contributed by atoms with Gasteiger partial charge in [-0.15, -0.1) is 4.68 Å². The van der Waals surface area contributed by atoms with E-state index in [2.05, 4.69) is 48.5 Å². The smallest absolute Gasteiger partial charge is 0.328 e. The van der Waals surface area contributed by atoms with Crippen molar-refractivity contribution >= 4 is 51.0 Å². The highest BCUT2D eigenvalue weighted by molar-refractivity contribution is 7.79. The monoisotopic (exact) mass is 511 g/mol. The molecule has 3 aromatic rings. The molecule has 0 saturated heterocycles. The largest absolute Gasteiger partial charge is 0.726 e. The van der Waals surface area contributed by atoms with Crippen LogP contribution >= 0.6 is 0 Å². The van der Waals surface area contributed by atoms with E-state index in [4.69, 9.17) is 22.5 Å². The lowest BCUT2D eigenvalue weighted by Gasteiger charge is -2.13. The van der Waals surface area contributed by atoms with Gasteiger partial charge in [0.05, 0.1) is 6.20 Å². The lowest BCUT2D eigenvalue weighted by molar-refractivity contribution is -0.560. The molecule has 3 N–H and O–H groups in total. The van der Waals surface area contributed by atoms with Crippen molar-refractivity contribution in [3.05, 3.63) is 66.9 Å². The van der Waals surface area contributed by atoms with E-state index >= 15 is 0 Å². The number of nitrogens with zero attached hydrogens (tertiary/aromatic N) is 5. The Morgan fingerprint density at radius 3 is 2.00 bits per heavy atom. The number of aliphatic imine (C=N–C) groups is 1. The quantitative estimate of drug-likeness (QED) is 0.255. The normalized spacial score (nSPS) is 14.4. The van der Waals surface area contributed by atoms with Crippen molar-refractivity contribution in [3.63, 3.8) is 0 Å². The van der Waals surface area contributed by atoms with Crippen LogP contribution in [0.1, 0.15) is 33.7 Å². The number of rotatable bonds is 6. The van der Waals surface area contributed by atoms with Crippen LogP contribution in [0.3, 0.4) is 0 Å². The third-order valence-corrected chi connectivity index (χ3v) is 4.84. The molecule has 0 bridgehead atoms. The molecule has 11 nitrogen and oxygen atoms in total. The van der Waals surface area contributed by atoms with Gasteiger partial charge in [-0.1, -0.05) is 41.5 Å². The standard InChI is InChI=1S/C24H27N7.H2O4S/c1-17(2)30-23(27-19-11-7-5-8-12-19)21(15-25-30)29-22-16-26-31(18(3)4)24(22)28-20-13-9-6-10-14-20;1-5(2,3)4/h5-18H,1-4H3,(H,25,26,27,28);(H2,1,2,3,4). The summed E-state index contributed by atoms with van der Waals surface area (Å²) in [5.41, 5.74) is 3.50. The van der Waals surface area contributed by atoms with Crippen LogP contribution in [0.15, 0.2) is 77.0 Å². The number of nitrogens with one attached hydrogen (secondary N) is 2. The Morgan fingerprint density at radius 2 is 1.50 bits per heavy atom. The first-order valence-corrected chi connectivity index (χ1v) is 12.6. The average molecular weight is 512 g/mol. The fraction of sp³-hybridized carbons (Fsp3) is 0.250. The predicted octanol–water partition coefficient (Wildman–Crippen LogP) is 4.22. The molecule has 4 rings (SSSR count). The molecule has 0 spiro atoms. The van der Waals surface area contributed by atoms with Crippen molar-refractivity contribution in [1.29, 1.82) is 0 Å². The highest BCUT2D eigenvalue weighted by atomic mass is 32.3. The second kappa shape index (κ2) is 11.7. The van der Waals surface area contributed by atoms with E-state index < -0.39 is 10.4 Å². The second-order valence-corrected chi connectivity index (χ2v) is 9.21. The van der Waals surface area contributed by atoms with Crippen LogP contribution in [-0.4, -0.2) is 55.8 Å². The van der Waals surface area contributed by atoms with E-state index in [1.54, 1.807) is 12.4 Å². The van der Waals surface area contributed by atoms with Crippen LogP contribution in [0.2, 0.25) is 0 Å². The summed E-state index contributed by atoms with van der Waals surface area (Å²) in [6, 6.07) is 20.5. The Hall–Kier alpha value is -3.87. The van der Waals surface area contributed by atoms with Crippen LogP contribution in [0.4, 0.5) is 22.9 Å². The summed E-state index contributed by atoms with van der Waals surface area (Å²) in [4.78, 5) is 4.95. The molecule has 0 aliphatic carbocycles. The topological polar surface area (TPSA) is 147 Å². The van der Waals surface area contributed by atoms with Crippen LogP contribution in [0.25, 0.3) is 0 Å². The summed E-state index contributed by atoms with van der Waals surface area (Å²) in [7, 11) is -4.92. The van der Waals surface area contributed by atoms with Crippen molar-refractivity contribution in [2.75, 3.05) is 10.6 Å². The van der Waals surface area contributed by atoms with Crippen molar-refractivity contribution < 1.29 is 22.2 Å². The average Bonchev–Trinajstić information content (AvgIpc) is 3.39. The molecule has 0 amide bonds. The number of para-hydroxylation sites is 2. The minimum Gasteiger partial charge on any atom is -0.726 e. The Labute approximate surface area is 210 Å². The molecule has 12 heteroatoms. The van der Waals surface area contributed by atoms with Crippen LogP contribution in [0, 0.1) is 0 Å². The zero-order valence-corrected chi connectivity index (χ0v) is 21.2. The molecule has 2 aromatic carbocycles. The third kappa shape index (κ3) is 7.57. The zero-order valence-electron chi connectivity index (χ0n) is 20.4. The van der Waals surface area contributed by atoms with Gasteiger partial charge in [-0.05, 0) is 52.0 Å². The molecule has 0 radical (unpaired) electrons. The maximum Gasteiger partial charge on any atom is 0.328 e. The number of hydrazone groups is 1. The Balaban J connectivity index is 0.000000658. The minimum absolute atomic E-state index is 0.190. The summed E-state index contributed by atoms with van der Waals surface area (Å²) in [6.45, 7) is 8.41. The molecule has 1 aliphatic rings. The van der Waals surface area contributed by atoms with Gasteiger partial charge in [0.15, 0.2) is 11.5 Å². The molecule has 0 saturated carbocycles. The van der Waals surface area contributed by atoms with E-state index in [1.807, 2.05) is 70.0 Å². The predicted molar refractivity (Wildman–Crippen MR) is 141 cm³/mol. The van der Waals surface area contributed by atoms with Crippen LogP contribution in [-0.2, 0) is 10.4 Å². The van der Waals surface area contributed by atoms with Gasteiger partial charge >= 0.3 is 5.84 Å². The zero-order chi connectivity index (χ0) is 26.3. The summed E-state index contributed by atoms with van der Waals surface area (Å²) in [5, 5.41) is 16.1. The number of amidine groups is 1. The lowest BCUT2D eigenvalue weighted by Crippen LogP contribution is -2.31. The molecule has 2 heterocycles. The fourth-order valence-electron chi connectivity index (χ4n) is 3.34. The Bertz CT molecular complexity index is 1360. The maximum atomic E-state index is 8.63. The molecular formula is C24H29N7O4S. The van der Waals surface area contributed by atoms with Crippen molar-refractivity contribution in [1.82, 2.24) is 9.78 Å². The molecule has 0 fully saturated rings. The number of aromatic nitrogens is 2. The SMILES string of the molecule is CC(C)n1ncc(N=C2C=N[N+](C(C)C)=C2Nc2ccccc2)c1Nc1ccccc1.O=S(=O)([O-])O. The summed E-state index contributed by atoms with van der Waals surface area (Å²) in [5.74, 6) is 1.70. The van der Waals surface area contributed by atoms with Gasteiger partial charge in [-0.3, -0.25) is 4.55 Å². The van der Waals surface area contributed by atoms with Gasteiger partial charge in [0.25, 0.3) is 0 Å². The Morgan fingerprint density at radius 1 is 0.972 bits per heavy atom. The van der Waals surface area contributed by atoms with Crippen molar-refractivity contribution in [2.24, 2.45) is 10.1 Å². The number of hydrogen-bond acceptors (Lipinski definition) is 8. The van der Waals surface area contributed by atoms with E-state index in [0.717, 1.165) is 34.4 Å². The summed E-state index contributed by atoms with van der Waals surface area (Å²) >= 11 is 0. The molecule has 36 heavy (non-hydrogen) atoms. The molecule has 1 aliphatic heterocycles. The number of hydrogen-bond donors (Lipinski definition) is 3. The van der Waals surface area contributed by atoms with E-state index in [0.29, 0.717) is 0 Å². The summed E-state index contributed by atoms with van der Waals surface area (Å²) in [6.07, 6.45) is 3.59. The molecule has 1 aromatic heterocycles. The van der Waals surface area contributed by atoms with Gasteiger partial charge in [0, 0.05) is 11.7 Å². The molecular weight excluding hydrogens is 482 g/mol. The molecule has 0 unspecified atom stereocenters. The highest BCUT2D eigenvalue weighted by Gasteiger charge is 2.28. The van der Waals surface area contributed by atoms with Gasteiger partial charge in [0.1, 0.15) is 23.6 Å². The van der Waals surface area contributed by atoms with Crippen LogP contribution in [0.5, 0.6) is 0 Å². The first-order chi connectivity index (χ1) is 17.0. The maximum absolute atomic E-state index is 8.63. The third-order valence-electron chi connectivity index (χ3n) is 4.84. The lowest BCUT2D eigenvalue weighted by atomic mass is 10.2. The van der Waals surface area contributed by atoms with Gasteiger partial charge in [-0.25, -0.2) is 23.4 Å². The van der Waals surface area contributed by atoms with Gasteiger partial charge in [-0.2, -0.15) is 5.10 Å². The van der Waals surface area contributed by atoms with E-state index in [-0.39, 0.29) is 12.1 Å². The van der Waals surface area contributed by atoms with E-state index in [1.165, 1.54) is 0 Å². The fourth-order valence-corrected chi connectivity index (χ4v) is 3.34. The minimum atomic E-state index is -4.92. The number of anilines is 3. The van der Waals surface area contributed by atoms with Crippen LogP contribution < -0.4 is 10.6 Å². The van der Waals surface area contributed by atoms with Gasteiger partial charge < -0.3 is 9.87 Å². The van der Waals surface area contributed by atoms with E-state index in [9.17, 15) is 0 Å². The molecule has 0 atom stereocenters. The first kappa shape index (κ1) is 26.7. The Kier molecular flexibility index (Phi) is 8.69. The second-order valence-electron chi connectivity index (χ2n) is 8.36. The van der Waals surface area contributed by atoms with Crippen molar-refractivity contribution in [3.8, 4) is 0 Å². The van der Waals surface area contributed by atoms with Gasteiger partial charge in [0.2, 0.25) is 10.4 Å². The molecule has 190 valence electrons. The first-order valence-electron chi connectivity index (χ1n) is 11.2.